The normalized spacial score (nSPS) is 10.2. The van der Waals surface area contributed by atoms with Crippen LogP contribution in [0.5, 0.6) is 0 Å². The van der Waals surface area contributed by atoms with Gasteiger partial charge in [-0.15, -0.1) is 0 Å². The van der Waals surface area contributed by atoms with Crippen LogP contribution in [0.25, 0.3) is 0 Å². The van der Waals surface area contributed by atoms with E-state index in [1.54, 1.807) is 0 Å². The molecule has 0 nitrogen and oxygen atoms in total. The van der Waals surface area contributed by atoms with Gasteiger partial charge in [-0.2, -0.15) is 0 Å². The summed E-state index contributed by atoms with van der Waals surface area (Å²) < 4.78 is 0. The van der Waals surface area contributed by atoms with Gasteiger partial charge in [0.1, 0.15) is 0 Å². The van der Waals surface area contributed by atoms with Crippen LogP contribution in [0.2, 0.25) is 26.2 Å². The van der Waals surface area contributed by atoms with Crippen molar-refractivity contribution in [2.75, 3.05) is 0 Å². The first-order valence-electron chi connectivity index (χ1n) is 9.48. The first kappa shape index (κ1) is 20.0. The Morgan fingerprint density at radius 2 is 0.821 bits per heavy atom. The molecule has 0 saturated carbocycles. The molecular formula is C26H24Si2. The van der Waals surface area contributed by atoms with Crippen molar-refractivity contribution in [1.29, 1.82) is 0 Å². The average Bonchev–Trinajstić information content (AvgIpc) is 2.71. The van der Waals surface area contributed by atoms with Crippen molar-refractivity contribution in [3.63, 3.8) is 0 Å². The summed E-state index contributed by atoms with van der Waals surface area (Å²) in [4.78, 5) is 0. The zero-order valence-corrected chi connectivity index (χ0v) is 18.9. The van der Waals surface area contributed by atoms with Crippen LogP contribution >= 0.6 is 0 Å². The molecule has 0 fully saturated rings. The largest absolute Gasteiger partial charge is 0.0808 e. The summed E-state index contributed by atoms with van der Waals surface area (Å²) in [7, 11) is -1.03. The lowest BCUT2D eigenvalue weighted by atomic mass is 10.1. The first-order valence-corrected chi connectivity index (χ1v) is 14.5. The van der Waals surface area contributed by atoms with Gasteiger partial charge in [0.15, 0.2) is 0 Å². The van der Waals surface area contributed by atoms with E-state index in [1.807, 2.05) is 0 Å². The van der Waals surface area contributed by atoms with Gasteiger partial charge in [-0.3, -0.25) is 0 Å². The quantitative estimate of drug-likeness (QED) is 0.448. The van der Waals surface area contributed by atoms with Gasteiger partial charge >= 0.3 is 0 Å². The van der Waals surface area contributed by atoms with Crippen molar-refractivity contribution in [1.82, 2.24) is 0 Å². The van der Waals surface area contributed by atoms with Crippen LogP contribution in [0.15, 0.2) is 72.8 Å². The van der Waals surface area contributed by atoms with E-state index in [0.717, 1.165) is 22.3 Å². The maximum Gasteiger partial charge on any atom is 0.0808 e. The summed E-state index contributed by atoms with van der Waals surface area (Å²) in [6, 6.07) is 25.2. The third-order valence-electron chi connectivity index (χ3n) is 4.50. The van der Waals surface area contributed by atoms with Gasteiger partial charge in [0.05, 0.1) is 17.6 Å². The second kappa shape index (κ2) is 9.42. The molecule has 3 aromatic rings. The van der Waals surface area contributed by atoms with Crippen LogP contribution in [-0.2, 0) is 0 Å². The van der Waals surface area contributed by atoms with E-state index < -0.39 is 17.6 Å². The van der Waals surface area contributed by atoms with E-state index in [4.69, 9.17) is 0 Å². The minimum atomic E-state index is -0.514. The molecule has 2 heteroatoms. The van der Waals surface area contributed by atoms with Crippen molar-refractivity contribution in [3.05, 3.63) is 95.1 Å². The van der Waals surface area contributed by atoms with Gasteiger partial charge in [0, 0.05) is 22.3 Å². The van der Waals surface area contributed by atoms with E-state index in [2.05, 4.69) is 123 Å². The van der Waals surface area contributed by atoms with E-state index in [1.165, 1.54) is 10.4 Å². The molecule has 0 aliphatic rings. The molecule has 0 bridgehead atoms. The molecule has 0 amide bonds. The van der Waals surface area contributed by atoms with Gasteiger partial charge in [-0.25, -0.2) is 0 Å². The molecule has 0 aromatic heterocycles. The number of hydrogen-bond donors (Lipinski definition) is 0. The van der Waals surface area contributed by atoms with Crippen LogP contribution in [0.1, 0.15) is 22.3 Å². The Morgan fingerprint density at radius 3 is 1.18 bits per heavy atom. The molecule has 0 aliphatic heterocycles. The van der Waals surface area contributed by atoms with Crippen molar-refractivity contribution >= 4 is 28.0 Å². The predicted octanol–water partition coefficient (Wildman–Crippen LogP) is 4.41. The van der Waals surface area contributed by atoms with E-state index in [0.29, 0.717) is 0 Å². The third-order valence-corrected chi connectivity index (χ3v) is 7.53. The fraction of sp³-hybridized carbons (Fsp3) is 0.154. The summed E-state index contributed by atoms with van der Waals surface area (Å²) in [5, 5.41) is 2.79. The summed E-state index contributed by atoms with van der Waals surface area (Å²) in [5.41, 5.74) is 4.35. The van der Waals surface area contributed by atoms with Crippen LogP contribution in [0.3, 0.4) is 0 Å². The predicted molar refractivity (Wildman–Crippen MR) is 126 cm³/mol. The maximum atomic E-state index is 3.35. The van der Waals surface area contributed by atoms with E-state index in [9.17, 15) is 0 Å². The molecule has 0 spiro atoms. The lowest BCUT2D eigenvalue weighted by Crippen LogP contribution is -2.25. The summed E-state index contributed by atoms with van der Waals surface area (Å²) in [5.74, 6) is 13.3. The summed E-state index contributed by atoms with van der Waals surface area (Å²) in [6.45, 7) is 9.21. The average molecular weight is 393 g/mol. The zero-order chi connectivity index (χ0) is 19.9. The van der Waals surface area contributed by atoms with Crippen LogP contribution in [-0.4, -0.2) is 17.6 Å². The van der Waals surface area contributed by atoms with Crippen LogP contribution < -0.4 is 10.4 Å². The Labute approximate surface area is 172 Å². The summed E-state index contributed by atoms with van der Waals surface area (Å²) >= 11 is 0. The van der Waals surface area contributed by atoms with Gasteiger partial charge in [0.25, 0.3) is 0 Å². The molecule has 0 saturated heterocycles. The van der Waals surface area contributed by atoms with Gasteiger partial charge in [-0.05, 0) is 46.8 Å². The zero-order valence-electron chi connectivity index (χ0n) is 16.9. The highest BCUT2D eigenvalue weighted by atomic mass is 28.3. The van der Waals surface area contributed by atoms with Gasteiger partial charge in [-0.1, -0.05) is 86.3 Å². The molecule has 28 heavy (non-hydrogen) atoms. The van der Waals surface area contributed by atoms with Crippen molar-refractivity contribution in [2.24, 2.45) is 0 Å². The first-order chi connectivity index (χ1) is 13.5. The standard InChI is InChI=1S/C26H24Si2/c1-27(2)25-11-7-5-9-23(25)19-17-21-13-15-22(16-14-21)18-20-24-10-6-8-12-26(24)28(3)4/h5-16H,1-4H3. The monoisotopic (exact) mass is 392 g/mol. The lowest BCUT2D eigenvalue weighted by molar-refractivity contribution is 1.59. The molecule has 0 atom stereocenters. The van der Waals surface area contributed by atoms with E-state index in [-0.39, 0.29) is 0 Å². The lowest BCUT2D eigenvalue weighted by Gasteiger charge is -2.05. The molecule has 0 aliphatic carbocycles. The highest BCUT2D eigenvalue weighted by Gasteiger charge is 2.05. The minimum absolute atomic E-state index is 0.514. The Kier molecular flexibility index (Phi) is 6.72. The van der Waals surface area contributed by atoms with E-state index >= 15 is 0 Å². The number of benzene rings is 3. The topological polar surface area (TPSA) is 0 Å². The smallest absolute Gasteiger partial charge is 0.0670 e. The Hall–Kier alpha value is -2.79. The molecule has 3 aromatic carbocycles. The SMILES string of the molecule is C[Si](C)c1ccccc1C#Cc1ccc(C#Cc2ccccc2[Si](C)C)cc1. The fourth-order valence-electron chi connectivity index (χ4n) is 2.97. The number of hydrogen-bond acceptors (Lipinski definition) is 0. The molecule has 0 heterocycles. The second-order valence-electron chi connectivity index (χ2n) is 7.17. The molecular weight excluding hydrogens is 368 g/mol. The Bertz CT molecular complexity index is 980. The highest BCUT2D eigenvalue weighted by molar-refractivity contribution is 6.71. The van der Waals surface area contributed by atoms with Crippen molar-refractivity contribution in [3.8, 4) is 23.7 Å². The third kappa shape index (κ3) is 5.14. The van der Waals surface area contributed by atoms with Crippen molar-refractivity contribution < 1.29 is 0 Å². The Balaban J connectivity index is 1.80. The second-order valence-corrected chi connectivity index (χ2v) is 12.2. The van der Waals surface area contributed by atoms with Crippen molar-refractivity contribution in [2.45, 2.75) is 26.2 Å². The minimum Gasteiger partial charge on any atom is -0.0670 e. The van der Waals surface area contributed by atoms with Crippen LogP contribution in [0, 0.1) is 23.7 Å². The summed E-state index contributed by atoms with van der Waals surface area (Å²) in [6.07, 6.45) is 0. The Morgan fingerprint density at radius 1 is 0.464 bits per heavy atom. The van der Waals surface area contributed by atoms with Crippen LogP contribution in [0.4, 0.5) is 0 Å². The molecule has 0 unspecified atom stereocenters. The highest BCUT2D eigenvalue weighted by Crippen LogP contribution is 2.04. The van der Waals surface area contributed by atoms with Gasteiger partial charge < -0.3 is 0 Å². The maximum absolute atomic E-state index is 3.35. The molecule has 136 valence electrons. The fourth-order valence-corrected chi connectivity index (χ4v) is 5.20. The molecule has 3 rings (SSSR count). The molecule has 0 N–H and O–H groups in total. The molecule has 2 radical (unpaired) electrons. The van der Waals surface area contributed by atoms with Gasteiger partial charge in [0.2, 0.25) is 0 Å². The number of rotatable bonds is 2.